The number of anilines is 1. The van der Waals surface area contributed by atoms with Gasteiger partial charge < -0.3 is 10.0 Å². The summed E-state index contributed by atoms with van der Waals surface area (Å²) in [5, 5.41) is 17.1. The van der Waals surface area contributed by atoms with Crippen molar-refractivity contribution in [3.8, 4) is 17.0 Å². The number of rotatable bonds is 1. The first-order valence-corrected chi connectivity index (χ1v) is 6.45. The van der Waals surface area contributed by atoms with Gasteiger partial charge in [-0.15, -0.1) is 0 Å². The fourth-order valence-electron chi connectivity index (χ4n) is 3.17. The van der Waals surface area contributed by atoms with Crippen LogP contribution in [-0.4, -0.2) is 28.4 Å². The number of fused-ring (bicyclic) bond motifs is 2. The third kappa shape index (κ3) is 1.29. The lowest BCUT2D eigenvalue weighted by Gasteiger charge is -2.40. The Kier molecular flexibility index (Phi) is 1.95. The molecule has 4 heterocycles. The predicted octanol–water partition coefficient (Wildman–Crippen LogP) is 2.48. The van der Waals surface area contributed by atoms with Crippen molar-refractivity contribution in [3.63, 3.8) is 0 Å². The average Bonchev–Trinajstić information content (AvgIpc) is 2.88. The van der Waals surface area contributed by atoms with Crippen LogP contribution in [0.4, 0.5) is 5.69 Å². The Labute approximate surface area is 105 Å². The van der Waals surface area contributed by atoms with E-state index in [9.17, 15) is 5.11 Å². The number of phenolic OH excluding ortho intramolecular Hbond substituents is 1. The van der Waals surface area contributed by atoms with Crippen LogP contribution >= 0.6 is 0 Å². The number of piperidine rings is 1. The summed E-state index contributed by atoms with van der Waals surface area (Å²) >= 11 is 0. The zero-order valence-electron chi connectivity index (χ0n) is 10.1. The van der Waals surface area contributed by atoms with Crippen molar-refractivity contribution < 1.29 is 5.11 Å². The number of H-pyrrole nitrogens is 1. The van der Waals surface area contributed by atoms with E-state index in [1.165, 1.54) is 24.2 Å². The first kappa shape index (κ1) is 10.00. The monoisotopic (exact) mass is 241 g/mol. The highest BCUT2D eigenvalue weighted by Crippen LogP contribution is 2.45. The van der Waals surface area contributed by atoms with E-state index in [1.54, 1.807) is 12.1 Å². The van der Waals surface area contributed by atoms with Gasteiger partial charge in [0.2, 0.25) is 0 Å². The van der Waals surface area contributed by atoms with Crippen LogP contribution < -0.4 is 4.90 Å². The molecule has 0 unspecified atom stereocenters. The molecule has 1 saturated heterocycles. The van der Waals surface area contributed by atoms with Crippen LogP contribution in [0.25, 0.3) is 11.3 Å². The van der Waals surface area contributed by atoms with E-state index >= 15 is 0 Å². The fraction of sp³-hybridized carbons (Fsp3) is 0.357. The zero-order chi connectivity index (χ0) is 12.1. The molecule has 4 nitrogen and oxygen atoms in total. The SMILES string of the molecule is Oc1ccc(-c2n[nH]c3c2N2CCC3CC2)cc1. The third-order valence-corrected chi connectivity index (χ3v) is 4.13. The average molecular weight is 241 g/mol. The first-order chi connectivity index (χ1) is 8.83. The minimum atomic E-state index is 0.296. The molecule has 0 amide bonds. The standard InChI is InChI=1S/C14H15N3O/c18-11-3-1-9(2-4-11)12-14-13(16-15-12)10-5-7-17(14)8-6-10/h1-4,10,18H,5-8H2,(H,15,16). The van der Waals surface area contributed by atoms with Crippen LogP contribution in [0.3, 0.4) is 0 Å². The zero-order valence-corrected chi connectivity index (χ0v) is 10.1. The number of nitrogens with zero attached hydrogens (tertiary/aromatic N) is 2. The molecule has 2 aromatic rings. The highest BCUT2D eigenvalue weighted by molar-refractivity contribution is 5.79. The lowest BCUT2D eigenvalue weighted by atomic mass is 9.86. The molecular weight excluding hydrogens is 226 g/mol. The molecule has 3 aliphatic heterocycles. The largest absolute Gasteiger partial charge is 0.508 e. The molecule has 2 N–H and O–H groups in total. The summed E-state index contributed by atoms with van der Waals surface area (Å²) < 4.78 is 0. The predicted molar refractivity (Wildman–Crippen MR) is 69.9 cm³/mol. The Morgan fingerprint density at radius 2 is 1.89 bits per heavy atom. The van der Waals surface area contributed by atoms with Crippen LogP contribution in [0.15, 0.2) is 24.3 Å². The molecule has 0 saturated carbocycles. The number of hydrogen-bond donors (Lipinski definition) is 2. The summed E-state index contributed by atoms with van der Waals surface area (Å²) in [6.45, 7) is 2.28. The molecule has 0 aliphatic carbocycles. The lowest BCUT2D eigenvalue weighted by molar-refractivity contribution is 0.466. The topological polar surface area (TPSA) is 52.2 Å². The van der Waals surface area contributed by atoms with Gasteiger partial charge >= 0.3 is 0 Å². The second kappa shape index (κ2) is 3.51. The molecule has 0 atom stereocenters. The number of aromatic amines is 1. The molecule has 1 fully saturated rings. The van der Waals surface area contributed by atoms with Crippen molar-refractivity contribution in [2.24, 2.45) is 0 Å². The van der Waals surface area contributed by atoms with Crippen LogP contribution in [0.5, 0.6) is 5.75 Å². The Bertz CT molecular complexity index is 580. The molecule has 2 bridgehead atoms. The maximum absolute atomic E-state index is 9.36. The van der Waals surface area contributed by atoms with E-state index in [4.69, 9.17) is 0 Å². The molecule has 0 spiro atoms. The van der Waals surface area contributed by atoms with Crippen LogP contribution in [-0.2, 0) is 0 Å². The minimum Gasteiger partial charge on any atom is -0.508 e. The molecule has 92 valence electrons. The number of nitrogens with one attached hydrogen (secondary N) is 1. The van der Waals surface area contributed by atoms with Gasteiger partial charge in [0.15, 0.2) is 0 Å². The number of aromatic nitrogens is 2. The number of benzene rings is 1. The maximum atomic E-state index is 9.36. The number of aromatic hydroxyl groups is 1. The minimum absolute atomic E-state index is 0.296. The molecule has 18 heavy (non-hydrogen) atoms. The van der Waals surface area contributed by atoms with E-state index in [0.717, 1.165) is 24.3 Å². The molecular formula is C14H15N3O. The van der Waals surface area contributed by atoms with Gasteiger partial charge in [0, 0.05) is 24.6 Å². The van der Waals surface area contributed by atoms with Crippen molar-refractivity contribution in [2.45, 2.75) is 18.8 Å². The van der Waals surface area contributed by atoms with Crippen LogP contribution in [0.1, 0.15) is 24.5 Å². The summed E-state index contributed by atoms with van der Waals surface area (Å²) in [5.41, 5.74) is 4.67. The quantitative estimate of drug-likeness (QED) is 0.806. The highest BCUT2D eigenvalue weighted by Gasteiger charge is 2.35. The summed E-state index contributed by atoms with van der Waals surface area (Å²) in [4.78, 5) is 2.43. The highest BCUT2D eigenvalue weighted by atomic mass is 16.3. The second-order valence-electron chi connectivity index (χ2n) is 5.14. The van der Waals surface area contributed by atoms with Gasteiger partial charge in [0.25, 0.3) is 0 Å². The Balaban J connectivity index is 1.86. The van der Waals surface area contributed by atoms with Crippen molar-refractivity contribution in [1.82, 2.24) is 10.2 Å². The Morgan fingerprint density at radius 3 is 2.61 bits per heavy atom. The van der Waals surface area contributed by atoms with Gasteiger partial charge in [-0.2, -0.15) is 5.10 Å². The van der Waals surface area contributed by atoms with Crippen molar-refractivity contribution >= 4 is 5.69 Å². The molecule has 1 aromatic heterocycles. The van der Waals surface area contributed by atoms with Crippen molar-refractivity contribution in [1.29, 1.82) is 0 Å². The van der Waals surface area contributed by atoms with E-state index < -0.39 is 0 Å². The summed E-state index contributed by atoms with van der Waals surface area (Å²) in [7, 11) is 0. The van der Waals surface area contributed by atoms with Gasteiger partial charge in [-0.1, -0.05) is 0 Å². The van der Waals surface area contributed by atoms with Crippen LogP contribution in [0.2, 0.25) is 0 Å². The van der Waals surface area contributed by atoms with E-state index in [-0.39, 0.29) is 0 Å². The molecule has 0 radical (unpaired) electrons. The van der Waals surface area contributed by atoms with Gasteiger partial charge in [-0.05, 0) is 37.1 Å². The van der Waals surface area contributed by atoms with Crippen molar-refractivity contribution in [2.75, 3.05) is 18.0 Å². The second-order valence-corrected chi connectivity index (χ2v) is 5.14. The normalized spacial score (nSPS) is 18.1. The summed E-state index contributed by atoms with van der Waals surface area (Å²) in [5.74, 6) is 0.952. The fourth-order valence-corrected chi connectivity index (χ4v) is 3.17. The van der Waals surface area contributed by atoms with Crippen molar-refractivity contribution in [3.05, 3.63) is 30.0 Å². The Hall–Kier alpha value is -1.97. The van der Waals surface area contributed by atoms with Gasteiger partial charge in [0.1, 0.15) is 11.4 Å². The smallest absolute Gasteiger partial charge is 0.116 e. The van der Waals surface area contributed by atoms with Gasteiger partial charge in [0.05, 0.1) is 11.4 Å². The summed E-state index contributed by atoms with van der Waals surface area (Å²) in [6.07, 6.45) is 2.48. The van der Waals surface area contributed by atoms with Crippen LogP contribution in [0, 0.1) is 0 Å². The van der Waals surface area contributed by atoms with E-state index in [0.29, 0.717) is 11.7 Å². The van der Waals surface area contributed by atoms with Gasteiger partial charge in [-0.25, -0.2) is 0 Å². The van der Waals surface area contributed by atoms with E-state index in [2.05, 4.69) is 15.1 Å². The number of hydrogen-bond acceptors (Lipinski definition) is 3. The molecule has 5 rings (SSSR count). The lowest BCUT2D eigenvalue weighted by Crippen LogP contribution is -2.38. The molecule has 1 aromatic carbocycles. The maximum Gasteiger partial charge on any atom is 0.116 e. The Morgan fingerprint density at radius 1 is 1.17 bits per heavy atom. The number of phenols is 1. The van der Waals surface area contributed by atoms with Gasteiger partial charge in [-0.3, -0.25) is 5.10 Å². The van der Waals surface area contributed by atoms with E-state index in [1.807, 2.05) is 12.1 Å². The summed E-state index contributed by atoms with van der Waals surface area (Å²) in [6, 6.07) is 7.28. The molecule has 4 heteroatoms. The third-order valence-electron chi connectivity index (χ3n) is 4.13. The molecule has 3 aliphatic rings. The first-order valence-electron chi connectivity index (χ1n) is 6.45.